The van der Waals surface area contributed by atoms with Gasteiger partial charge in [-0.25, -0.2) is 18.7 Å². The summed E-state index contributed by atoms with van der Waals surface area (Å²) in [7, 11) is 0. The van der Waals surface area contributed by atoms with Gasteiger partial charge in [0.25, 0.3) is 0 Å². The lowest BCUT2D eigenvalue weighted by molar-refractivity contribution is 0.486. The maximum Gasteiger partial charge on any atom is 0.159 e. The van der Waals surface area contributed by atoms with Crippen LogP contribution >= 0.6 is 0 Å². The molecule has 5 nitrogen and oxygen atoms in total. The van der Waals surface area contributed by atoms with Gasteiger partial charge >= 0.3 is 0 Å². The van der Waals surface area contributed by atoms with Gasteiger partial charge in [0, 0.05) is 30.8 Å². The fourth-order valence-corrected chi connectivity index (χ4v) is 3.46. The first-order valence-electron chi connectivity index (χ1n) is 8.76. The number of rotatable bonds is 3. The fraction of sp³-hybridized carbons (Fsp3) is 0.250. The van der Waals surface area contributed by atoms with Crippen molar-refractivity contribution in [3.8, 4) is 17.3 Å². The summed E-state index contributed by atoms with van der Waals surface area (Å²) in [5.74, 6) is 0.0727. The number of nitrogens with one attached hydrogen (secondary N) is 1. The van der Waals surface area contributed by atoms with Crippen LogP contribution in [0.3, 0.4) is 0 Å². The zero-order chi connectivity index (χ0) is 18.8. The van der Waals surface area contributed by atoms with Crippen molar-refractivity contribution in [2.75, 3.05) is 18.0 Å². The zero-order valence-corrected chi connectivity index (χ0v) is 14.5. The Morgan fingerprint density at radius 1 is 1.11 bits per heavy atom. The third-order valence-corrected chi connectivity index (χ3v) is 4.91. The Hall–Kier alpha value is -3.27. The number of benzene rings is 1. The molecular formula is C20H17F2N5. The van der Waals surface area contributed by atoms with Crippen LogP contribution in [0.4, 0.5) is 14.6 Å². The monoisotopic (exact) mass is 365 g/mol. The lowest BCUT2D eigenvalue weighted by atomic mass is 9.96. The molecule has 2 aromatic heterocycles. The lowest BCUT2D eigenvalue weighted by Gasteiger charge is -2.32. The van der Waals surface area contributed by atoms with Crippen molar-refractivity contribution in [3.63, 3.8) is 0 Å². The van der Waals surface area contributed by atoms with E-state index in [9.17, 15) is 14.0 Å². The van der Waals surface area contributed by atoms with Crippen molar-refractivity contribution in [1.29, 1.82) is 5.26 Å². The van der Waals surface area contributed by atoms with E-state index in [0.29, 0.717) is 16.8 Å². The van der Waals surface area contributed by atoms with Crippen LogP contribution in [0.1, 0.15) is 30.1 Å². The number of aromatic nitrogens is 3. The quantitative estimate of drug-likeness (QED) is 0.762. The highest BCUT2D eigenvalue weighted by Gasteiger charge is 2.25. The van der Waals surface area contributed by atoms with E-state index in [1.807, 2.05) is 0 Å². The fourth-order valence-electron chi connectivity index (χ4n) is 3.46. The maximum absolute atomic E-state index is 13.4. The number of imidazole rings is 1. The SMILES string of the molecule is N#Cc1cccnc1N1CCC(c2ncc(-c3ccc(F)c(F)c3)[nH]2)CC1. The normalized spacial score (nSPS) is 14.9. The minimum Gasteiger partial charge on any atom is -0.355 e. The first kappa shape index (κ1) is 17.2. The molecule has 1 fully saturated rings. The predicted octanol–water partition coefficient (Wildman–Crippen LogP) is 4.01. The van der Waals surface area contributed by atoms with Crippen molar-refractivity contribution >= 4 is 5.82 Å². The summed E-state index contributed by atoms with van der Waals surface area (Å²) in [4.78, 5) is 14.1. The van der Waals surface area contributed by atoms with Crippen LogP contribution in [0.2, 0.25) is 0 Å². The number of hydrogen-bond acceptors (Lipinski definition) is 4. The lowest BCUT2D eigenvalue weighted by Crippen LogP contribution is -2.34. The second-order valence-corrected chi connectivity index (χ2v) is 6.56. The Kier molecular flexibility index (Phi) is 4.55. The van der Waals surface area contributed by atoms with E-state index >= 15 is 0 Å². The van der Waals surface area contributed by atoms with Crippen molar-refractivity contribution < 1.29 is 8.78 Å². The second kappa shape index (κ2) is 7.16. The van der Waals surface area contributed by atoms with E-state index < -0.39 is 11.6 Å². The van der Waals surface area contributed by atoms with Gasteiger partial charge in [-0.05, 0) is 43.2 Å². The molecule has 0 unspecified atom stereocenters. The number of nitriles is 1. The molecule has 0 spiro atoms. The molecule has 0 aliphatic carbocycles. The number of anilines is 1. The van der Waals surface area contributed by atoms with E-state index in [2.05, 4.69) is 25.9 Å². The van der Waals surface area contributed by atoms with Crippen LogP contribution in [-0.2, 0) is 0 Å². The molecule has 136 valence electrons. The number of piperidine rings is 1. The van der Waals surface area contributed by atoms with Crippen molar-refractivity contribution in [3.05, 3.63) is 65.7 Å². The van der Waals surface area contributed by atoms with Gasteiger partial charge in [0.15, 0.2) is 11.6 Å². The molecular weight excluding hydrogens is 348 g/mol. The maximum atomic E-state index is 13.4. The summed E-state index contributed by atoms with van der Waals surface area (Å²) in [6.45, 7) is 1.55. The standard InChI is InChI=1S/C20H17F2N5/c21-16-4-3-14(10-17(16)22)18-12-25-19(26-18)13-5-8-27(9-6-13)20-15(11-23)2-1-7-24-20/h1-4,7,10,12-13H,5-6,8-9H2,(H,25,26). The van der Waals surface area contributed by atoms with Crippen LogP contribution in [0, 0.1) is 23.0 Å². The van der Waals surface area contributed by atoms with Crippen LogP contribution in [0.25, 0.3) is 11.3 Å². The molecule has 1 saturated heterocycles. The molecule has 0 amide bonds. The molecule has 1 N–H and O–H groups in total. The summed E-state index contributed by atoms with van der Waals surface area (Å²) in [6, 6.07) is 9.53. The molecule has 7 heteroatoms. The Bertz CT molecular complexity index is 1000. The number of pyridine rings is 1. The average Bonchev–Trinajstić information content (AvgIpc) is 3.20. The number of nitrogens with zero attached hydrogens (tertiary/aromatic N) is 4. The van der Waals surface area contributed by atoms with Crippen molar-refractivity contribution in [2.45, 2.75) is 18.8 Å². The molecule has 1 aromatic carbocycles. The Morgan fingerprint density at radius 3 is 2.67 bits per heavy atom. The summed E-state index contributed by atoms with van der Waals surface area (Å²) in [6.07, 6.45) is 5.09. The average molecular weight is 365 g/mol. The highest BCUT2D eigenvalue weighted by Crippen LogP contribution is 2.30. The summed E-state index contributed by atoms with van der Waals surface area (Å²) >= 11 is 0. The molecule has 0 radical (unpaired) electrons. The largest absolute Gasteiger partial charge is 0.355 e. The van der Waals surface area contributed by atoms with E-state index in [1.54, 1.807) is 24.5 Å². The molecule has 0 saturated carbocycles. The van der Waals surface area contributed by atoms with E-state index in [-0.39, 0.29) is 5.92 Å². The van der Waals surface area contributed by atoms with Gasteiger partial charge in [0.1, 0.15) is 17.7 Å². The van der Waals surface area contributed by atoms with Gasteiger partial charge in [-0.2, -0.15) is 5.26 Å². The Balaban J connectivity index is 1.47. The van der Waals surface area contributed by atoms with Gasteiger partial charge in [-0.15, -0.1) is 0 Å². The molecule has 1 aliphatic rings. The zero-order valence-electron chi connectivity index (χ0n) is 14.5. The molecule has 1 aliphatic heterocycles. The van der Waals surface area contributed by atoms with E-state index in [0.717, 1.165) is 43.6 Å². The topological polar surface area (TPSA) is 68.6 Å². The molecule has 0 atom stereocenters. The second-order valence-electron chi connectivity index (χ2n) is 6.56. The molecule has 4 rings (SSSR count). The minimum absolute atomic E-state index is 0.245. The predicted molar refractivity (Wildman–Crippen MR) is 97.1 cm³/mol. The van der Waals surface area contributed by atoms with Crippen LogP contribution < -0.4 is 4.90 Å². The number of halogens is 2. The molecule has 3 heterocycles. The number of H-pyrrole nitrogens is 1. The summed E-state index contributed by atoms with van der Waals surface area (Å²) in [5, 5.41) is 9.24. The highest BCUT2D eigenvalue weighted by atomic mass is 19.2. The van der Waals surface area contributed by atoms with Gasteiger partial charge in [0.05, 0.1) is 17.5 Å². The van der Waals surface area contributed by atoms with E-state index in [1.165, 1.54) is 12.1 Å². The number of hydrogen-bond donors (Lipinski definition) is 1. The van der Waals surface area contributed by atoms with Gasteiger partial charge < -0.3 is 9.88 Å². The van der Waals surface area contributed by atoms with Gasteiger partial charge in [0.2, 0.25) is 0 Å². The van der Waals surface area contributed by atoms with Crippen LogP contribution in [0.5, 0.6) is 0 Å². The smallest absolute Gasteiger partial charge is 0.159 e. The minimum atomic E-state index is -0.874. The van der Waals surface area contributed by atoms with Crippen LogP contribution in [0.15, 0.2) is 42.7 Å². The van der Waals surface area contributed by atoms with Crippen LogP contribution in [-0.4, -0.2) is 28.0 Å². The molecule has 3 aromatic rings. The van der Waals surface area contributed by atoms with Gasteiger partial charge in [-0.3, -0.25) is 0 Å². The Labute approximate surface area is 155 Å². The summed E-state index contributed by atoms with van der Waals surface area (Å²) in [5.41, 5.74) is 1.81. The third kappa shape index (κ3) is 3.38. The van der Waals surface area contributed by atoms with E-state index in [4.69, 9.17) is 0 Å². The van der Waals surface area contributed by atoms with Gasteiger partial charge in [-0.1, -0.05) is 0 Å². The molecule has 0 bridgehead atoms. The first-order chi connectivity index (χ1) is 13.2. The van der Waals surface area contributed by atoms with Crippen molar-refractivity contribution in [1.82, 2.24) is 15.0 Å². The first-order valence-corrected chi connectivity index (χ1v) is 8.76. The third-order valence-electron chi connectivity index (χ3n) is 4.91. The number of aromatic amines is 1. The summed E-state index contributed by atoms with van der Waals surface area (Å²) < 4.78 is 26.6. The molecule has 27 heavy (non-hydrogen) atoms. The highest BCUT2D eigenvalue weighted by molar-refractivity contribution is 5.58. The Morgan fingerprint density at radius 2 is 1.93 bits per heavy atom. The van der Waals surface area contributed by atoms with Crippen molar-refractivity contribution in [2.24, 2.45) is 0 Å².